The highest BCUT2D eigenvalue weighted by molar-refractivity contribution is 7.99. The second-order valence-corrected chi connectivity index (χ2v) is 5.77. The van der Waals surface area contributed by atoms with Gasteiger partial charge in [0.05, 0.1) is 0 Å². The van der Waals surface area contributed by atoms with Crippen molar-refractivity contribution < 1.29 is 5.11 Å². The van der Waals surface area contributed by atoms with Crippen LogP contribution in [0.2, 0.25) is 0 Å². The molecule has 5 nitrogen and oxygen atoms in total. The molecule has 0 atom stereocenters. The summed E-state index contributed by atoms with van der Waals surface area (Å²) in [6.45, 7) is 4.04. The second kappa shape index (κ2) is 10.2. The molecule has 1 aromatic heterocycles. The van der Waals surface area contributed by atoms with Crippen molar-refractivity contribution >= 4 is 35.2 Å². The lowest BCUT2D eigenvalue weighted by atomic mass is 10.5. The monoisotopic (exact) mass is 302 g/mol. The van der Waals surface area contributed by atoms with Gasteiger partial charge in [-0.3, -0.25) is 0 Å². The number of nitrogens with one attached hydrogen (secondary N) is 2. The normalized spacial score (nSPS) is 10.5. The number of anilines is 2. The molecule has 0 saturated heterocycles. The Morgan fingerprint density at radius 2 is 1.95 bits per heavy atom. The molecular formula is C12H22N4OS2. The molecule has 0 aliphatic heterocycles. The molecule has 0 aliphatic carbocycles. The van der Waals surface area contributed by atoms with E-state index in [4.69, 9.17) is 5.11 Å². The zero-order chi connectivity index (χ0) is 13.9. The third-order valence-electron chi connectivity index (χ3n) is 2.25. The largest absolute Gasteiger partial charge is 0.396 e. The summed E-state index contributed by atoms with van der Waals surface area (Å²) in [6.07, 6.45) is 2.83. The molecule has 1 rings (SSSR count). The van der Waals surface area contributed by atoms with Crippen LogP contribution in [-0.4, -0.2) is 52.5 Å². The Hall–Kier alpha value is -0.660. The molecule has 1 aromatic rings. The summed E-state index contributed by atoms with van der Waals surface area (Å²) in [4.78, 5) is 8.80. The van der Waals surface area contributed by atoms with Gasteiger partial charge >= 0.3 is 0 Å². The molecule has 0 fully saturated rings. The van der Waals surface area contributed by atoms with Crippen LogP contribution in [0, 0.1) is 0 Å². The molecule has 0 bridgehead atoms. The molecule has 0 unspecified atom stereocenters. The van der Waals surface area contributed by atoms with Crippen molar-refractivity contribution in [3.05, 3.63) is 6.07 Å². The zero-order valence-corrected chi connectivity index (χ0v) is 13.1. The molecule has 1 heterocycles. The topological polar surface area (TPSA) is 70.1 Å². The predicted molar refractivity (Wildman–Crippen MR) is 85.5 cm³/mol. The Balaban J connectivity index is 2.41. The van der Waals surface area contributed by atoms with Crippen molar-refractivity contribution in [3.8, 4) is 0 Å². The zero-order valence-electron chi connectivity index (χ0n) is 11.5. The number of hydrogen-bond acceptors (Lipinski definition) is 7. The fourth-order valence-corrected chi connectivity index (χ4v) is 2.56. The molecule has 7 heteroatoms. The maximum absolute atomic E-state index is 8.68. The lowest BCUT2D eigenvalue weighted by molar-refractivity contribution is 0.296. The summed E-state index contributed by atoms with van der Waals surface area (Å²) in [7, 11) is 0. The van der Waals surface area contributed by atoms with Gasteiger partial charge in [-0.25, -0.2) is 9.97 Å². The smallest absolute Gasteiger partial charge is 0.191 e. The summed E-state index contributed by atoms with van der Waals surface area (Å²) in [5, 5.41) is 16.0. The van der Waals surface area contributed by atoms with Crippen LogP contribution in [0.1, 0.15) is 13.3 Å². The van der Waals surface area contributed by atoms with Crippen molar-refractivity contribution in [2.75, 3.05) is 48.1 Å². The fraction of sp³-hybridized carbons (Fsp3) is 0.667. The van der Waals surface area contributed by atoms with Gasteiger partial charge in [0.1, 0.15) is 11.6 Å². The number of aliphatic hydroxyl groups excluding tert-OH is 1. The first kappa shape index (κ1) is 16.4. The van der Waals surface area contributed by atoms with Gasteiger partial charge in [0.25, 0.3) is 0 Å². The van der Waals surface area contributed by atoms with E-state index in [0.717, 1.165) is 47.8 Å². The summed E-state index contributed by atoms with van der Waals surface area (Å²) in [5.74, 6) is 3.73. The van der Waals surface area contributed by atoms with E-state index < -0.39 is 0 Å². The van der Waals surface area contributed by atoms with Gasteiger partial charge in [0, 0.05) is 31.5 Å². The number of thioether (sulfide) groups is 2. The predicted octanol–water partition coefficient (Wildman–Crippen LogP) is 2.16. The average Bonchev–Trinajstić information content (AvgIpc) is 2.43. The van der Waals surface area contributed by atoms with Crippen LogP contribution in [0.3, 0.4) is 0 Å². The number of aliphatic hydroxyl groups is 1. The highest BCUT2D eigenvalue weighted by Gasteiger charge is 2.03. The van der Waals surface area contributed by atoms with Crippen molar-refractivity contribution in [1.82, 2.24) is 9.97 Å². The highest BCUT2D eigenvalue weighted by Crippen LogP contribution is 2.17. The first-order valence-electron chi connectivity index (χ1n) is 6.39. The lowest BCUT2D eigenvalue weighted by Gasteiger charge is -2.09. The van der Waals surface area contributed by atoms with Crippen LogP contribution >= 0.6 is 23.5 Å². The van der Waals surface area contributed by atoms with E-state index in [-0.39, 0.29) is 6.61 Å². The van der Waals surface area contributed by atoms with Crippen molar-refractivity contribution in [1.29, 1.82) is 0 Å². The molecule has 0 radical (unpaired) electrons. The quantitative estimate of drug-likeness (QED) is 0.347. The molecule has 108 valence electrons. The van der Waals surface area contributed by atoms with Gasteiger partial charge in [-0.2, -0.15) is 11.8 Å². The van der Waals surface area contributed by atoms with Crippen LogP contribution in [-0.2, 0) is 0 Å². The lowest BCUT2D eigenvalue weighted by Crippen LogP contribution is -2.09. The Labute approximate surface area is 123 Å². The molecule has 19 heavy (non-hydrogen) atoms. The number of rotatable bonds is 10. The Bertz CT molecular complexity index is 366. The second-order valence-electron chi connectivity index (χ2n) is 3.77. The van der Waals surface area contributed by atoms with Gasteiger partial charge in [-0.05, 0) is 25.4 Å². The molecule has 0 aromatic carbocycles. The van der Waals surface area contributed by atoms with Gasteiger partial charge in [-0.1, -0.05) is 11.8 Å². The first-order chi connectivity index (χ1) is 9.30. The van der Waals surface area contributed by atoms with Crippen molar-refractivity contribution in [3.63, 3.8) is 0 Å². The maximum Gasteiger partial charge on any atom is 0.191 e. The van der Waals surface area contributed by atoms with Crippen LogP contribution in [0.5, 0.6) is 0 Å². The van der Waals surface area contributed by atoms with Gasteiger partial charge < -0.3 is 15.7 Å². The third-order valence-corrected chi connectivity index (χ3v) is 3.86. The van der Waals surface area contributed by atoms with Crippen LogP contribution in [0.25, 0.3) is 0 Å². The minimum absolute atomic E-state index is 0.273. The summed E-state index contributed by atoms with van der Waals surface area (Å²) in [6, 6.07) is 1.93. The van der Waals surface area contributed by atoms with Crippen LogP contribution in [0.4, 0.5) is 11.6 Å². The maximum atomic E-state index is 8.68. The van der Waals surface area contributed by atoms with Crippen molar-refractivity contribution in [2.24, 2.45) is 0 Å². The Morgan fingerprint density at radius 1 is 1.21 bits per heavy atom. The van der Waals surface area contributed by atoms with E-state index in [2.05, 4.69) is 20.6 Å². The fourth-order valence-electron chi connectivity index (χ4n) is 1.40. The molecule has 0 saturated carbocycles. The van der Waals surface area contributed by atoms with E-state index in [1.807, 2.05) is 31.0 Å². The van der Waals surface area contributed by atoms with E-state index in [0.29, 0.717) is 0 Å². The number of aromatic nitrogens is 2. The standard InChI is InChI=1S/C12H22N4OS2/c1-3-13-10-9-11(16-12(15-10)18-2)14-5-8-19-7-4-6-17/h9,17H,3-8H2,1-2H3,(H2,13,14,15,16). The molecule has 0 amide bonds. The van der Waals surface area contributed by atoms with Gasteiger partial charge in [-0.15, -0.1) is 0 Å². The van der Waals surface area contributed by atoms with Gasteiger partial charge in [0.15, 0.2) is 5.16 Å². The Kier molecular flexibility index (Phi) is 8.77. The van der Waals surface area contributed by atoms with E-state index in [1.54, 1.807) is 0 Å². The minimum atomic E-state index is 0.273. The molecule has 3 N–H and O–H groups in total. The van der Waals surface area contributed by atoms with Crippen molar-refractivity contribution in [2.45, 2.75) is 18.5 Å². The van der Waals surface area contributed by atoms with E-state index in [1.165, 1.54) is 11.8 Å². The first-order valence-corrected chi connectivity index (χ1v) is 8.77. The molecule has 0 spiro atoms. The van der Waals surface area contributed by atoms with Gasteiger partial charge in [0.2, 0.25) is 0 Å². The number of nitrogens with zero attached hydrogens (tertiary/aromatic N) is 2. The highest BCUT2D eigenvalue weighted by atomic mass is 32.2. The molecule has 0 aliphatic rings. The number of hydrogen-bond donors (Lipinski definition) is 3. The average molecular weight is 302 g/mol. The van der Waals surface area contributed by atoms with Crippen LogP contribution in [0.15, 0.2) is 11.2 Å². The van der Waals surface area contributed by atoms with Crippen LogP contribution < -0.4 is 10.6 Å². The SMILES string of the molecule is CCNc1cc(NCCSCCCO)nc(SC)n1. The third kappa shape index (κ3) is 6.89. The summed E-state index contributed by atoms with van der Waals surface area (Å²) < 4.78 is 0. The van der Waals surface area contributed by atoms with E-state index >= 15 is 0 Å². The Morgan fingerprint density at radius 3 is 2.58 bits per heavy atom. The van der Waals surface area contributed by atoms with E-state index in [9.17, 15) is 0 Å². The minimum Gasteiger partial charge on any atom is -0.396 e. The summed E-state index contributed by atoms with van der Waals surface area (Å²) in [5.41, 5.74) is 0. The summed E-state index contributed by atoms with van der Waals surface area (Å²) >= 11 is 3.37. The molecular weight excluding hydrogens is 280 g/mol.